The SMILES string of the molecule is CCC1NC(=O)C([C@H](O)[C@H](C)C/C=C/COC(=O)NCc2ccc(C)cc2)N(C)C(=O)[C@H](C(C)C)N(C)C(=O)[C@H](CC(C)C)N(C)C(=O)[C@@H](CC(C)C)N(C)C(=O)[C@@H](C)NC(=O)[C@H](C)NC(=O)[C@H](CC(C)C)N(C)C(=O)[C@H](C(C)C)NC(=O)C(CC(C)C)N(C)C(=O)CN(C)C1=O. The number of alkyl carbamates (subject to hydrolysis) is 1. The average Bonchev–Trinajstić information content (AvgIpc) is 0.896. The monoisotopic (exact) mass is 1360 g/mol. The molecule has 1 fully saturated rings. The molecule has 12 amide bonds. The van der Waals surface area contributed by atoms with Crippen LogP contribution in [0, 0.1) is 48.3 Å². The molecule has 0 radical (unpaired) electrons. The molecule has 0 aliphatic carbocycles. The smallest absolute Gasteiger partial charge is 0.407 e. The molecule has 1 aliphatic heterocycles. The number of carbonyl (C=O) groups excluding carboxylic acids is 12. The minimum Gasteiger partial charge on any atom is -0.445 e. The predicted molar refractivity (Wildman–Crippen MR) is 372 cm³/mol. The highest BCUT2D eigenvalue weighted by atomic mass is 16.5. The van der Waals surface area contributed by atoms with Crippen molar-refractivity contribution in [1.29, 1.82) is 0 Å². The molecule has 0 spiro atoms. The van der Waals surface area contributed by atoms with Crippen LogP contribution in [-0.2, 0) is 64.0 Å². The van der Waals surface area contributed by atoms with Crippen molar-refractivity contribution < 1.29 is 67.4 Å². The fourth-order valence-electron chi connectivity index (χ4n) is 11.8. The number of amides is 12. The van der Waals surface area contributed by atoms with Gasteiger partial charge in [-0.15, -0.1) is 0 Å². The number of hydrogen-bond donors (Lipinski definition) is 6. The van der Waals surface area contributed by atoms with Crippen molar-refractivity contribution >= 4 is 71.1 Å². The maximum absolute atomic E-state index is 15.4. The number of nitrogens with zero attached hydrogens (tertiary/aromatic N) is 7. The van der Waals surface area contributed by atoms with E-state index in [0.29, 0.717) is 0 Å². The number of hydrogen-bond acceptors (Lipinski definition) is 14. The number of aliphatic hydroxyl groups excluding tert-OH is 1. The molecule has 548 valence electrons. The molecule has 26 nitrogen and oxygen atoms in total. The molecular weight excluding hydrogens is 1240 g/mol. The number of aliphatic hydroxyl groups is 1. The van der Waals surface area contributed by atoms with Crippen molar-refractivity contribution in [1.82, 2.24) is 60.9 Å². The van der Waals surface area contributed by atoms with Crippen LogP contribution in [0.3, 0.4) is 0 Å². The zero-order chi connectivity index (χ0) is 74.4. The van der Waals surface area contributed by atoms with Crippen LogP contribution in [0.1, 0.15) is 160 Å². The third-order valence-corrected chi connectivity index (χ3v) is 17.9. The van der Waals surface area contributed by atoms with E-state index >= 15 is 19.2 Å². The highest BCUT2D eigenvalue weighted by molar-refractivity contribution is 5.99. The maximum atomic E-state index is 15.4. The lowest BCUT2D eigenvalue weighted by molar-refractivity contribution is -0.157. The first-order valence-electron chi connectivity index (χ1n) is 34.4. The molecule has 1 aliphatic rings. The number of carbonyl (C=O) groups is 12. The van der Waals surface area contributed by atoms with Crippen molar-refractivity contribution in [3.8, 4) is 0 Å². The number of allylic oxidation sites excluding steroid dienone is 1. The summed E-state index contributed by atoms with van der Waals surface area (Å²) in [6.45, 7) is 29.3. The van der Waals surface area contributed by atoms with Gasteiger partial charge in [0.1, 0.15) is 67.0 Å². The number of rotatable bonds is 19. The topological polar surface area (TPSA) is 317 Å². The highest BCUT2D eigenvalue weighted by Crippen LogP contribution is 2.26. The van der Waals surface area contributed by atoms with Gasteiger partial charge >= 0.3 is 6.09 Å². The summed E-state index contributed by atoms with van der Waals surface area (Å²) < 4.78 is 5.34. The van der Waals surface area contributed by atoms with Gasteiger partial charge < -0.3 is 70.7 Å². The first kappa shape index (κ1) is 85.4. The molecule has 0 saturated carbocycles. The second-order valence-electron chi connectivity index (χ2n) is 28.9. The van der Waals surface area contributed by atoms with Crippen LogP contribution in [0.2, 0.25) is 0 Å². The Labute approximate surface area is 577 Å². The summed E-state index contributed by atoms with van der Waals surface area (Å²) in [5, 5.41) is 26.1. The van der Waals surface area contributed by atoms with Crippen molar-refractivity contribution in [2.45, 2.75) is 229 Å². The quantitative estimate of drug-likeness (QED) is 0.104. The first-order chi connectivity index (χ1) is 45.0. The standard InChI is InChI=1S/C71H120N12O14/c1-25-51-66(91)77(18)39-56(84)78(19)52(34-40(2)3)63(88)76-57(44(10)11)69(94)79(20)53(35-41(4)5)62(87)73-48(16)61(86)74-49(17)65(90)80(21)54(36-42(6)7)67(92)81(22)55(37-43(8)9)68(93)82(23)58(45(12)13)70(95)83(24)59(64(89)75-51)60(85)47(15)28-26-27-33-97-71(96)72-38-50-31-29-46(14)30-32-50/h26-27,29-32,40-45,47-49,51-55,57-60,85H,25,28,33-39H2,1-24H3,(H,72,96)(H,73,87)(H,74,86)(H,75,89)(H,76,88)/b27-26+/t47-,48+,49-,51?,52?,53+,54-,55+,57+,58+,59?,60-/m1/s1. The van der Waals surface area contributed by atoms with E-state index in [1.54, 1.807) is 53.7 Å². The van der Waals surface area contributed by atoms with Crippen LogP contribution in [0.4, 0.5) is 4.79 Å². The number of benzene rings is 1. The number of likely N-dealkylation sites (N-methyl/N-ethyl adjacent to an activating group) is 7. The minimum absolute atomic E-state index is 0.0299. The van der Waals surface area contributed by atoms with Gasteiger partial charge in [0.25, 0.3) is 0 Å². The van der Waals surface area contributed by atoms with Gasteiger partial charge in [-0.2, -0.15) is 0 Å². The first-order valence-corrected chi connectivity index (χ1v) is 34.4. The third kappa shape index (κ3) is 25.3. The second kappa shape index (κ2) is 39.7. The Morgan fingerprint density at radius 2 is 0.979 bits per heavy atom. The Hall–Kier alpha value is -7.64. The van der Waals surface area contributed by atoms with Gasteiger partial charge in [0, 0.05) is 55.9 Å². The summed E-state index contributed by atoms with van der Waals surface area (Å²) in [5.41, 5.74) is 1.95. The second-order valence-corrected chi connectivity index (χ2v) is 28.9. The van der Waals surface area contributed by atoms with E-state index in [2.05, 4.69) is 26.6 Å². The Morgan fingerprint density at radius 1 is 0.526 bits per heavy atom. The molecule has 1 aromatic carbocycles. The highest BCUT2D eigenvalue weighted by Gasteiger charge is 2.46. The number of nitrogens with one attached hydrogen (secondary N) is 5. The molecule has 1 aromatic rings. The largest absolute Gasteiger partial charge is 0.445 e. The molecule has 12 atom stereocenters. The van der Waals surface area contributed by atoms with Gasteiger partial charge in [0.05, 0.1) is 12.6 Å². The van der Waals surface area contributed by atoms with E-state index in [4.69, 9.17) is 4.74 Å². The van der Waals surface area contributed by atoms with Gasteiger partial charge in [-0.25, -0.2) is 4.79 Å². The minimum atomic E-state index is -1.73. The summed E-state index contributed by atoms with van der Waals surface area (Å²) in [5.74, 6) is -10.4. The van der Waals surface area contributed by atoms with E-state index in [1.807, 2.05) is 86.6 Å². The number of ether oxygens (including phenoxy) is 1. The molecule has 26 heteroatoms. The Balaban J connectivity index is 2.92. The normalized spacial score (nSPS) is 24.9. The van der Waals surface area contributed by atoms with Crippen molar-refractivity contribution in [2.75, 3.05) is 62.5 Å². The Kier molecular flexibility index (Phi) is 35.0. The van der Waals surface area contributed by atoms with Gasteiger partial charge in [0.2, 0.25) is 65.0 Å². The van der Waals surface area contributed by atoms with E-state index in [-0.39, 0.29) is 75.3 Å². The average molecular weight is 1370 g/mol. The van der Waals surface area contributed by atoms with E-state index in [1.165, 1.54) is 87.7 Å². The molecule has 1 saturated heterocycles. The van der Waals surface area contributed by atoms with Crippen molar-refractivity contribution in [3.63, 3.8) is 0 Å². The lowest BCUT2D eigenvalue weighted by Crippen LogP contribution is -2.63. The zero-order valence-electron chi connectivity index (χ0n) is 62.6. The lowest BCUT2D eigenvalue weighted by Gasteiger charge is -2.41. The predicted octanol–water partition coefficient (Wildman–Crippen LogP) is 4.48. The molecule has 0 aromatic heterocycles. The number of aryl methyl sites for hydroxylation is 1. The van der Waals surface area contributed by atoms with Crippen LogP contribution in [0.25, 0.3) is 0 Å². The zero-order valence-corrected chi connectivity index (χ0v) is 62.6. The Morgan fingerprint density at radius 3 is 1.47 bits per heavy atom. The molecule has 97 heavy (non-hydrogen) atoms. The van der Waals surface area contributed by atoms with E-state index < -0.39 is 162 Å². The Bertz CT molecular complexity index is 2860. The molecular formula is C71H120N12O14. The summed E-state index contributed by atoms with van der Waals surface area (Å²) in [7, 11) is 9.78. The molecule has 0 bridgehead atoms. The molecule has 6 N–H and O–H groups in total. The van der Waals surface area contributed by atoms with Crippen LogP contribution >= 0.6 is 0 Å². The fraction of sp³-hybridized carbons (Fsp3) is 0.718. The summed E-state index contributed by atoms with van der Waals surface area (Å²) in [4.78, 5) is 183. The van der Waals surface area contributed by atoms with Gasteiger partial charge in [-0.1, -0.05) is 139 Å². The van der Waals surface area contributed by atoms with Crippen LogP contribution < -0.4 is 26.6 Å². The summed E-state index contributed by atoms with van der Waals surface area (Å²) >= 11 is 0. The van der Waals surface area contributed by atoms with Crippen molar-refractivity contribution in [2.24, 2.45) is 41.4 Å². The van der Waals surface area contributed by atoms with Gasteiger partial charge in [0.15, 0.2) is 0 Å². The van der Waals surface area contributed by atoms with Gasteiger partial charge in [-0.3, -0.25) is 52.7 Å². The van der Waals surface area contributed by atoms with Crippen LogP contribution in [0.15, 0.2) is 36.4 Å². The fourth-order valence-corrected chi connectivity index (χ4v) is 11.8. The van der Waals surface area contributed by atoms with Gasteiger partial charge in [-0.05, 0) is 106 Å². The lowest BCUT2D eigenvalue weighted by atomic mass is 9.91. The summed E-state index contributed by atoms with van der Waals surface area (Å²) in [6.07, 6.45) is 1.49. The third-order valence-electron chi connectivity index (χ3n) is 17.9. The molecule has 2 rings (SSSR count). The van der Waals surface area contributed by atoms with Crippen LogP contribution in [-0.4, -0.2) is 239 Å². The van der Waals surface area contributed by atoms with Crippen LogP contribution in [0.5, 0.6) is 0 Å². The van der Waals surface area contributed by atoms with E-state index in [0.717, 1.165) is 20.9 Å². The maximum Gasteiger partial charge on any atom is 0.407 e. The van der Waals surface area contributed by atoms with E-state index in [9.17, 15) is 43.5 Å². The molecule has 3 unspecified atom stereocenters. The molecule has 1 heterocycles. The van der Waals surface area contributed by atoms with Crippen molar-refractivity contribution in [3.05, 3.63) is 47.5 Å². The summed E-state index contributed by atoms with van der Waals surface area (Å²) in [6, 6.07) is -5.16.